The van der Waals surface area contributed by atoms with Crippen LogP contribution in [0.3, 0.4) is 0 Å². The summed E-state index contributed by atoms with van der Waals surface area (Å²) in [5.74, 6) is 1.54. The van der Waals surface area contributed by atoms with Crippen LogP contribution in [0, 0.1) is 5.92 Å². The molecule has 1 saturated carbocycles. The molecule has 0 spiro atoms. The molecule has 2 rings (SSSR count). The second kappa shape index (κ2) is 5.90. The number of amides is 1. The van der Waals surface area contributed by atoms with E-state index < -0.39 is 0 Å². The first-order chi connectivity index (χ1) is 8.69. The zero-order chi connectivity index (χ0) is 13.0. The number of anilines is 2. The van der Waals surface area contributed by atoms with Crippen LogP contribution in [-0.4, -0.2) is 35.2 Å². The topological polar surface area (TPSA) is 92.9 Å². The molecular weight excluding hydrogens is 250 g/mol. The third-order valence-electron chi connectivity index (χ3n) is 2.59. The van der Waals surface area contributed by atoms with Gasteiger partial charge in [-0.3, -0.25) is 4.79 Å². The second-order valence-corrected chi connectivity index (χ2v) is 4.93. The van der Waals surface area contributed by atoms with Gasteiger partial charge in [-0.05, 0) is 19.1 Å². The zero-order valence-corrected chi connectivity index (χ0v) is 11.1. The van der Waals surface area contributed by atoms with Gasteiger partial charge in [0.05, 0.1) is 0 Å². The molecule has 1 aliphatic rings. The number of nitrogen functional groups attached to an aromatic ring is 1. The Kier molecular flexibility index (Phi) is 4.24. The number of nitrogens with zero attached hydrogens (tertiary/aromatic N) is 2. The van der Waals surface area contributed by atoms with Gasteiger partial charge in [-0.1, -0.05) is 11.8 Å². The van der Waals surface area contributed by atoms with E-state index in [1.807, 2.05) is 6.26 Å². The highest BCUT2D eigenvalue weighted by Gasteiger charge is 2.28. The van der Waals surface area contributed by atoms with Crippen molar-refractivity contribution in [2.24, 2.45) is 5.92 Å². The van der Waals surface area contributed by atoms with Crippen LogP contribution >= 0.6 is 11.8 Å². The number of hydrogen-bond donors (Lipinski definition) is 3. The molecule has 18 heavy (non-hydrogen) atoms. The van der Waals surface area contributed by atoms with Crippen molar-refractivity contribution in [2.75, 3.05) is 30.4 Å². The molecule has 1 amide bonds. The first kappa shape index (κ1) is 12.9. The summed E-state index contributed by atoms with van der Waals surface area (Å²) in [6.45, 7) is 1.22. The third kappa shape index (κ3) is 3.76. The lowest BCUT2D eigenvalue weighted by atomic mass is 10.4. The van der Waals surface area contributed by atoms with Crippen LogP contribution in [0.2, 0.25) is 0 Å². The lowest BCUT2D eigenvalue weighted by Crippen LogP contribution is -2.30. The first-order valence-corrected chi connectivity index (χ1v) is 7.11. The first-order valence-electron chi connectivity index (χ1n) is 5.89. The molecule has 98 valence electrons. The zero-order valence-electron chi connectivity index (χ0n) is 10.3. The average Bonchev–Trinajstić information content (AvgIpc) is 3.17. The van der Waals surface area contributed by atoms with Crippen molar-refractivity contribution >= 4 is 29.3 Å². The Morgan fingerprint density at radius 3 is 2.94 bits per heavy atom. The smallest absolute Gasteiger partial charge is 0.223 e. The van der Waals surface area contributed by atoms with E-state index in [2.05, 4.69) is 20.6 Å². The van der Waals surface area contributed by atoms with E-state index in [0.29, 0.717) is 29.9 Å². The molecule has 0 bridgehead atoms. The largest absolute Gasteiger partial charge is 0.383 e. The Balaban J connectivity index is 1.75. The van der Waals surface area contributed by atoms with Crippen LogP contribution in [0.4, 0.5) is 11.6 Å². The molecule has 0 aliphatic heterocycles. The fourth-order valence-electron chi connectivity index (χ4n) is 1.49. The van der Waals surface area contributed by atoms with Crippen LogP contribution < -0.4 is 16.4 Å². The molecule has 0 unspecified atom stereocenters. The number of aromatic nitrogens is 2. The number of carbonyl (C=O) groups excluding carboxylic acids is 1. The maximum atomic E-state index is 11.4. The Morgan fingerprint density at radius 2 is 2.28 bits per heavy atom. The SMILES string of the molecule is CSc1nc(N)cc(NCCNC(=O)C2CC2)n1. The lowest BCUT2D eigenvalue weighted by Gasteiger charge is -2.08. The lowest BCUT2D eigenvalue weighted by molar-refractivity contribution is -0.122. The highest BCUT2D eigenvalue weighted by molar-refractivity contribution is 7.98. The quantitative estimate of drug-likeness (QED) is 0.399. The number of carbonyl (C=O) groups is 1. The normalized spacial score (nSPS) is 14.3. The molecule has 1 aromatic heterocycles. The van der Waals surface area contributed by atoms with Gasteiger partial charge in [-0.15, -0.1) is 0 Å². The number of nitrogens with one attached hydrogen (secondary N) is 2. The Bertz CT molecular complexity index is 435. The molecule has 7 heteroatoms. The Labute approximate surface area is 110 Å². The maximum Gasteiger partial charge on any atom is 0.223 e. The van der Waals surface area contributed by atoms with Gasteiger partial charge in [0.1, 0.15) is 11.6 Å². The van der Waals surface area contributed by atoms with Gasteiger partial charge in [0.2, 0.25) is 5.91 Å². The highest BCUT2D eigenvalue weighted by Crippen LogP contribution is 2.28. The number of thioether (sulfide) groups is 1. The summed E-state index contributed by atoms with van der Waals surface area (Å²) in [5, 5.41) is 6.63. The van der Waals surface area contributed by atoms with E-state index in [1.54, 1.807) is 6.07 Å². The van der Waals surface area contributed by atoms with Gasteiger partial charge in [-0.2, -0.15) is 0 Å². The van der Waals surface area contributed by atoms with Gasteiger partial charge in [-0.25, -0.2) is 9.97 Å². The second-order valence-electron chi connectivity index (χ2n) is 4.16. The van der Waals surface area contributed by atoms with Crippen LogP contribution in [0.5, 0.6) is 0 Å². The van der Waals surface area contributed by atoms with Crippen LogP contribution in [0.25, 0.3) is 0 Å². The molecule has 0 radical (unpaired) electrons. The summed E-state index contributed by atoms with van der Waals surface area (Å²) < 4.78 is 0. The van der Waals surface area contributed by atoms with Crippen LogP contribution in [-0.2, 0) is 4.79 Å². The molecule has 0 saturated heterocycles. The van der Waals surface area contributed by atoms with Crippen molar-refractivity contribution in [2.45, 2.75) is 18.0 Å². The Hall–Kier alpha value is -1.50. The highest BCUT2D eigenvalue weighted by atomic mass is 32.2. The molecule has 0 atom stereocenters. The van der Waals surface area contributed by atoms with E-state index >= 15 is 0 Å². The van der Waals surface area contributed by atoms with Gasteiger partial charge in [0, 0.05) is 25.1 Å². The predicted octanol–water partition coefficient (Wildman–Crippen LogP) is 0.719. The van der Waals surface area contributed by atoms with E-state index in [1.165, 1.54) is 11.8 Å². The number of rotatable bonds is 6. The van der Waals surface area contributed by atoms with Crippen molar-refractivity contribution in [1.29, 1.82) is 0 Å². The molecular formula is C11H17N5OS. The van der Waals surface area contributed by atoms with E-state index in [4.69, 9.17) is 5.73 Å². The molecule has 1 heterocycles. The van der Waals surface area contributed by atoms with Crippen molar-refractivity contribution in [1.82, 2.24) is 15.3 Å². The average molecular weight is 267 g/mol. The summed E-state index contributed by atoms with van der Waals surface area (Å²) in [7, 11) is 0. The van der Waals surface area contributed by atoms with Gasteiger partial charge in [0.25, 0.3) is 0 Å². The standard InChI is InChI=1S/C11H17N5OS/c1-18-11-15-8(12)6-9(16-11)13-4-5-14-10(17)7-2-3-7/h6-7H,2-5H2,1H3,(H,14,17)(H3,12,13,15,16). The molecule has 1 aromatic rings. The van der Waals surface area contributed by atoms with Crippen molar-refractivity contribution in [3.63, 3.8) is 0 Å². The predicted molar refractivity (Wildman–Crippen MR) is 72.4 cm³/mol. The maximum absolute atomic E-state index is 11.4. The monoisotopic (exact) mass is 267 g/mol. The summed E-state index contributed by atoms with van der Waals surface area (Å²) in [4.78, 5) is 19.7. The van der Waals surface area contributed by atoms with Gasteiger partial charge < -0.3 is 16.4 Å². The minimum Gasteiger partial charge on any atom is -0.383 e. The fourth-order valence-corrected chi connectivity index (χ4v) is 1.88. The van der Waals surface area contributed by atoms with Crippen molar-refractivity contribution in [3.8, 4) is 0 Å². The van der Waals surface area contributed by atoms with Crippen molar-refractivity contribution in [3.05, 3.63) is 6.07 Å². The molecule has 1 fully saturated rings. The summed E-state index contributed by atoms with van der Waals surface area (Å²) in [6, 6.07) is 1.68. The fraction of sp³-hybridized carbons (Fsp3) is 0.545. The summed E-state index contributed by atoms with van der Waals surface area (Å²) in [6.07, 6.45) is 3.95. The molecule has 1 aliphatic carbocycles. The van der Waals surface area contributed by atoms with Gasteiger partial charge >= 0.3 is 0 Å². The van der Waals surface area contributed by atoms with Crippen LogP contribution in [0.1, 0.15) is 12.8 Å². The van der Waals surface area contributed by atoms with Gasteiger partial charge in [0.15, 0.2) is 5.16 Å². The minimum atomic E-state index is 0.156. The summed E-state index contributed by atoms with van der Waals surface area (Å²) in [5.41, 5.74) is 5.66. The Morgan fingerprint density at radius 1 is 1.50 bits per heavy atom. The van der Waals surface area contributed by atoms with E-state index in [-0.39, 0.29) is 11.8 Å². The summed E-state index contributed by atoms with van der Waals surface area (Å²) >= 11 is 1.44. The molecule has 0 aromatic carbocycles. The van der Waals surface area contributed by atoms with Crippen LogP contribution in [0.15, 0.2) is 11.2 Å². The number of hydrogen-bond acceptors (Lipinski definition) is 6. The minimum absolute atomic E-state index is 0.156. The molecule has 6 nitrogen and oxygen atoms in total. The van der Waals surface area contributed by atoms with E-state index in [9.17, 15) is 4.79 Å². The van der Waals surface area contributed by atoms with Crippen molar-refractivity contribution < 1.29 is 4.79 Å². The molecule has 4 N–H and O–H groups in total. The third-order valence-corrected chi connectivity index (χ3v) is 3.13. The number of nitrogens with two attached hydrogens (primary N) is 1. The van der Waals surface area contributed by atoms with E-state index in [0.717, 1.165) is 12.8 Å².